The number of aliphatic hydroxyl groups excluding tert-OH is 3. The zero-order valence-electron chi connectivity index (χ0n) is 10.1. The molecule has 108 valence electrons. The smallest absolute Gasteiger partial charge is 0.327 e. The molecule has 10 heteroatoms. The Morgan fingerprint density at radius 3 is 2.70 bits per heavy atom. The number of aromatic nitrogens is 4. The van der Waals surface area contributed by atoms with Gasteiger partial charge in [0.2, 0.25) is 0 Å². The van der Waals surface area contributed by atoms with E-state index in [1.807, 2.05) is 4.98 Å². The number of rotatable bonds is 2. The highest BCUT2D eigenvalue weighted by atomic mass is 16.6. The van der Waals surface area contributed by atoms with Gasteiger partial charge in [-0.05, 0) is 0 Å². The molecule has 1 saturated heterocycles. The lowest BCUT2D eigenvalue weighted by Gasteiger charge is -2.16. The van der Waals surface area contributed by atoms with Crippen LogP contribution in [-0.4, -0.2) is 59.8 Å². The van der Waals surface area contributed by atoms with Crippen molar-refractivity contribution >= 4 is 11.2 Å². The van der Waals surface area contributed by atoms with Crippen LogP contribution >= 0.6 is 0 Å². The van der Waals surface area contributed by atoms with Crippen molar-refractivity contribution in [1.82, 2.24) is 19.5 Å². The monoisotopic (exact) mass is 284 g/mol. The molecule has 0 aromatic carbocycles. The summed E-state index contributed by atoms with van der Waals surface area (Å²) in [4.78, 5) is 31.1. The fourth-order valence-corrected chi connectivity index (χ4v) is 2.25. The summed E-state index contributed by atoms with van der Waals surface area (Å²) < 4.78 is 6.54. The first-order valence-corrected chi connectivity index (χ1v) is 5.84. The topological polar surface area (TPSA) is 153 Å². The van der Waals surface area contributed by atoms with E-state index in [9.17, 15) is 19.8 Å². The second-order valence-electron chi connectivity index (χ2n) is 4.49. The second-order valence-corrected chi connectivity index (χ2v) is 4.49. The third-order valence-corrected chi connectivity index (χ3v) is 3.26. The number of nitrogens with zero attached hydrogens (tertiary/aromatic N) is 2. The Morgan fingerprint density at radius 1 is 1.30 bits per heavy atom. The molecule has 0 bridgehead atoms. The van der Waals surface area contributed by atoms with Crippen LogP contribution in [0.15, 0.2) is 15.9 Å². The Morgan fingerprint density at radius 2 is 2.05 bits per heavy atom. The largest absolute Gasteiger partial charge is 0.394 e. The SMILES string of the molecule is O=c1[nH]c(=O)c2ncn([C@@H]3O[C@H](CO)C(O)C3O)c2[nH]1. The predicted octanol–water partition coefficient (Wildman–Crippen LogP) is -2.98. The van der Waals surface area contributed by atoms with Crippen LogP contribution in [0.25, 0.3) is 11.2 Å². The molecular formula is C10H12N4O6. The average molecular weight is 284 g/mol. The molecule has 4 atom stereocenters. The molecule has 20 heavy (non-hydrogen) atoms. The lowest BCUT2D eigenvalue weighted by molar-refractivity contribution is -0.0511. The van der Waals surface area contributed by atoms with E-state index < -0.39 is 42.4 Å². The summed E-state index contributed by atoms with van der Waals surface area (Å²) in [6, 6.07) is 0. The van der Waals surface area contributed by atoms with Crippen LogP contribution in [0, 0.1) is 0 Å². The van der Waals surface area contributed by atoms with Crippen molar-refractivity contribution in [2.75, 3.05) is 6.61 Å². The maximum Gasteiger partial charge on any atom is 0.327 e. The summed E-state index contributed by atoms with van der Waals surface area (Å²) in [6.45, 7) is -0.474. The molecule has 1 aliphatic heterocycles. The molecule has 0 amide bonds. The lowest BCUT2D eigenvalue weighted by Crippen LogP contribution is -2.33. The fraction of sp³-hybridized carbons (Fsp3) is 0.500. The van der Waals surface area contributed by atoms with Crippen LogP contribution in [0.2, 0.25) is 0 Å². The van der Waals surface area contributed by atoms with Crippen molar-refractivity contribution in [3.8, 4) is 0 Å². The molecule has 1 fully saturated rings. The van der Waals surface area contributed by atoms with Gasteiger partial charge in [-0.2, -0.15) is 0 Å². The van der Waals surface area contributed by atoms with Gasteiger partial charge in [-0.15, -0.1) is 0 Å². The van der Waals surface area contributed by atoms with Gasteiger partial charge in [0, 0.05) is 0 Å². The van der Waals surface area contributed by atoms with Crippen LogP contribution in [0.3, 0.4) is 0 Å². The van der Waals surface area contributed by atoms with Gasteiger partial charge >= 0.3 is 5.69 Å². The summed E-state index contributed by atoms with van der Waals surface area (Å²) in [6.07, 6.45) is -3.43. The van der Waals surface area contributed by atoms with Crippen LogP contribution in [-0.2, 0) is 4.74 Å². The van der Waals surface area contributed by atoms with E-state index in [4.69, 9.17) is 9.84 Å². The summed E-state index contributed by atoms with van der Waals surface area (Å²) in [5, 5.41) is 28.7. The first-order chi connectivity index (χ1) is 9.52. The van der Waals surface area contributed by atoms with Crippen molar-refractivity contribution in [1.29, 1.82) is 0 Å². The number of nitrogens with one attached hydrogen (secondary N) is 2. The maximum absolute atomic E-state index is 11.6. The zero-order valence-corrected chi connectivity index (χ0v) is 10.1. The minimum Gasteiger partial charge on any atom is -0.394 e. The van der Waals surface area contributed by atoms with Crippen LogP contribution < -0.4 is 11.2 Å². The fourth-order valence-electron chi connectivity index (χ4n) is 2.25. The summed E-state index contributed by atoms with van der Waals surface area (Å²) in [5.41, 5.74) is -1.36. The van der Waals surface area contributed by atoms with E-state index in [1.165, 1.54) is 10.9 Å². The van der Waals surface area contributed by atoms with E-state index in [0.29, 0.717) is 0 Å². The molecule has 0 saturated carbocycles. The molecule has 0 spiro atoms. The first kappa shape index (κ1) is 13.0. The highest BCUT2D eigenvalue weighted by Crippen LogP contribution is 2.30. The Bertz CT molecular complexity index is 748. The normalized spacial score (nSPS) is 30.1. The van der Waals surface area contributed by atoms with Gasteiger partial charge in [0.15, 0.2) is 11.7 Å². The zero-order chi connectivity index (χ0) is 14.4. The van der Waals surface area contributed by atoms with Gasteiger partial charge in [-0.3, -0.25) is 19.3 Å². The average Bonchev–Trinajstić information content (AvgIpc) is 2.93. The second kappa shape index (κ2) is 4.52. The van der Waals surface area contributed by atoms with E-state index in [0.717, 1.165) is 0 Å². The molecule has 1 aliphatic rings. The molecule has 2 aromatic rings. The number of ether oxygens (including phenoxy) is 1. The van der Waals surface area contributed by atoms with Gasteiger partial charge in [-0.1, -0.05) is 0 Å². The Hall–Kier alpha value is -2.01. The van der Waals surface area contributed by atoms with Crippen LogP contribution in [0.5, 0.6) is 0 Å². The number of H-pyrrole nitrogens is 2. The maximum atomic E-state index is 11.6. The lowest BCUT2D eigenvalue weighted by atomic mass is 10.1. The minimum absolute atomic E-state index is 0.0256. The van der Waals surface area contributed by atoms with Crippen molar-refractivity contribution < 1.29 is 20.1 Å². The Balaban J connectivity index is 2.12. The molecule has 0 aliphatic carbocycles. The van der Waals surface area contributed by atoms with E-state index in [2.05, 4.69) is 9.97 Å². The Kier molecular flexibility index (Phi) is 2.94. The molecule has 10 nitrogen and oxygen atoms in total. The number of imidazole rings is 1. The van der Waals surface area contributed by atoms with E-state index >= 15 is 0 Å². The van der Waals surface area contributed by atoms with Crippen molar-refractivity contribution in [2.24, 2.45) is 0 Å². The third kappa shape index (κ3) is 1.78. The molecule has 0 radical (unpaired) electrons. The number of aliphatic hydroxyl groups is 3. The highest BCUT2D eigenvalue weighted by Gasteiger charge is 2.43. The van der Waals surface area contributed by atoms with E-state index in [-0.39, 0.29) is 11.2 Å². The minimum atomic E-state index is -1.33. The first-order valence-electron chi connectivity index (χ1n) is 5.84. The summed E-state index contributed by atoms with van der Waals surface area (Å²) >= 11 is 0. The molecule has 3 heterocycles. The van der Waals surface area contributed by atoms with Gasteiger partial charge in [0.1, 0.15) is 24.0 Å². The standard InChI is InChI=1S/C10H12N4O6/c15-1-3-5(16)6(17)9(20-3)14-2-11-4-7(14)12-10(19)13-8(4)18/h2-3,5-6,9,15-17H,1H2,(H2,12,13,18,19)/t3-,5?,6?,9-/m1/s1. The molecule has 5 N–H and O–H groups in total. The van der Waals surface area contributed by atoms with Crippen molar-refractivity contribution in [3.05, 3.63) is 27.2 Å². The van der Waals surface area contributed by atoms with Crippen molar-refractivity contribution in [3.63, 3.8) is 0 Å². The quantitative estimate of drug-likeness (QED) is 0.394. The van der Waals surface area contributed by atoms with Gasteiger partial charge in [-0.25, -0.2) is 9.78 Å². The molecule has 2 unspecified atom stereocenters. The summed E-state index contributed by atoms with van der Waals surface area (Å²) in [5.74, 6) is 0. The molecule has 2 aromatic heterocycles. The Labute approximate surface area is 110 Å². The van der Waals surface area contributed by atoms with Crippen LogP contribution in [0.4, 0.5) is 0 Å². The van der Waals surface area contributed by atoms with Crippen molar-refractivity contribution in [2.45, 2.75) is 24.5 Å². The highest BCUT2D eigenvalue weighted by molar-refractivity contribution is 5.68. The number of hydrogen-bond donors (Lipinski definition) is 5. The number of aromatic amines is 2. The van der Waals surface area contributed by atoms with E-state index in [1.54, 1.807) is 0 Å². The molecule has 3 rings (SSSR count). The van der Waals surface area contributed by atoms with Gasteiger partial charge < -0.3 is 20.1 Å². The predicted molar refractivity (Wildman–Crippen MR) is 64.0 cm³/mol. The van der Waals surface area contributed by atoms with Gasteiger partial charge in [0.25, 0.3) is 5.56 Å². The molecular weight excluding hydrogens is 272 g/mol. The number of hydrogen-bond acceptors (Lipinski definition) is 7. The number of fused-ring (bicyclic) bond motifs is 1. The van der Waals surface area contributed by atoms with Crippen LogP contribution in [0.1, 0.15) is 6.23 Å². The summed E-state index contributed by atoms with van der Waals surface area (Å²) in [7, 11) is 0. The third-order valence-electron chi connectivity index (χ3n) is 3.26. The van der Waals surface area contributed by atoms with Gasteiger partial charge in [0.05, 0.1) is 12.9 Å².